The lowest BCUT2D eigenvalue weighted by Crippen LogP contribution is -2.44. The number of halogens is 1. The van der Waals surface area contributed by atoms with E-state index < -0.39 is 0 Å². The zero-order valence-electron chi connectivity index (χ0n) is 21.0. The largest absolute Gasteiger partial charge is 0.345 e. The van der Waals surface area contributed by atoms with E-state index in [-0.39, 0.29) is 18.4 Å². The van der Waals surface area contributed by atoms with Crippen LogP contribution in [0.4, 0.5) is 0 Å². The number of carbonyl (C=O) groups is 2. The lowest BCUT2D eigenvalue weighted by atomic mass is 10.0. The number of nitrogens with zero attached hydrogens (tertiary/aromatic N) is 3. The van der Waals surface area contributed by atoms with Crippen molar-refractivity contribution in [2.75, 3.05) is 19.6 Å². The number of aromatic nitrogens is 1. The van der Waals surface area contributed by atoms with Gasteiger partial charge in [-0.1, -0.05) is 69.3 Å². The van der Waals surface area contributed by atoms with E-state index in [0.717, 1.165) is 22.7 Å². The van der Waals surface area contributed by atoms with E-state index >= 15 is 0 Å². The fraction of sp³-hybridized carbons (Fsp3) is 0.571. The van der Waals surface area contributed by atoms with Crippen molar-refractivity contribution in [3.63, 3.8) is 0 Å². The number of benzene rings is 1. The van der Waals surface area contributed by atoms with E-state index in [1.54, 1.807) is 4.90 Å². The third-order valence-electron chi connectivity index (χ3n) is 6.81. The first-order chi connectivity index (χ1) is 16.4. The van der Waals surface area contributed by atoms with Crippen LogP contribution < -0.4 is 0 Å². The SMILES string of the molecule is CCN(CC(=O)N(Cc1cccn1Cc1ccccc1Cl)CC(C)C)C(=O)CCC1CCCC1. The molecule has 0 atom stereocenters. The first-order valence-electron chi connectivity index (χ1n) is 12.8. The second-order valence-corrected chi connectivity index (χ2v) is 10.4. The molecule has 186 valence electrons. The second-order valence-electron chi connectivity index (χ2n) is 9.98. The molecule has 2 aromatic rings. The van der Waals surface area contributed by atoms with Gasteiger partial charge in [0.2, 0.25) is 11.8 Å². The van der Waals surface area contributed by atoms with Gasteiger partial charge in [0.1, 0.15) is 0 Å². The number of hydrogen-bond donors (Lipinski definition) is 0. The Morgan fingerprint density at radius 1 is 1.06 bits per heavy atom. The minimum absolute atomic E-state index is 0.00950. The molecule has 1 aromatic carbocycles. The van der Waals surface area contributed by atoms with E-state index in [1.165, 1.54) is 25.7 Å². The Bertz CT molecular complexity index is 933. The zero-order chi connectivity index (χ0) is 24.5. The Morgan fingerprint density at radius 2 is 1.79 bits per heavy atom. The van der Waals surface area contributed by atoms with Crippen molar-refractivity contribution < 1.29 is 9.59 Å². The van der Waals surface area contributed by atoms with E-state index in [4.69, 9.17) is 11.6 Å². The average Bonchev–Trinajstić information content (AvgIpc) is 3.48. The van der Waals surface area contributed by atoms with Crippen LogP contribution in [0.25, 0.3) is 0 Å². The van der Waals surface area contributed by atoms with Crippen molar-refractivity contribution in [2.45, 2.75) is 72.4 Å². The maximum atomic E-state index is 13.4. The van der Waals surface area contributed by atoms with Gasteiger partial charge in [0.15, 0.2) is 0 Å². The maximum absolute atomic E-state index is 13.4. The maximum Gasteiger partial charge on any atom is 0.242 e. The van der Waals surface area contributed by atoms with Crippen LogP contribution in [0.2, 0.25) is 5.02 Å². The third-order valence-corrected chi connectivity index (χ3v) is 7.18. The van der Waals surface area contributed by atoms with Gasteiger partial charge >= 0.3 is 0 Å². The highest BCUT2D eigenvalue weighted by atomic mass is 35.5. The lowest BCUT2D eigenvalue weighted by Gasteiger charge is -2.29. The predicted molar refractivity (Wildman–Crippen MR) is 139 cm³/mol. The summed E-state index contributed by atoms with van der Waals surface area (Å²) in [6, 6.07) is 11.9. The number of carbonyl (C=O) groups excluding carboxylic acids is 2. The summed E-state index contributed by atoms with van der Waals surface area (Å²) in [5.41, 5.74) is 2.11. The highest BCUT2D eigenvalue weighted by Crippen LogP contribution is 2.28. The van der Waals surface area contributed by atoms with Crippen molar-refractivity contribution >= 4 is 23.4 Å². The van der Waals surface area contributed by atoms with Crippen LogP contribution in [0.5, 0.6) is 0 Å². The fourth-order valence-electron chi connectivity index (χ4n) is 4.87. The van der Waals surface area contributed by atoms with Crippen molar-refractivity contribution in [1.82, 2.24) is 14.4 Å². The molecule has 0 unspecified atom stereocenters. The molecule has 0 spiro atoms. The molecule has 3 rings (SSSR count). The Balaban J connectivity index is 1.64. The Labute approximate surface area is 210 Å². The molecule has 6 heteroatoms. The van der Waals surface area contributed by atoms with Crippen LogP contribution >= 0.6 is 11.6 Å². The normalized spacial score (nSPS) is 14.0. The van der Waals surface area contributed by atoms with Crippen LogP contribution in [-0.4, -0.2) is 45.8 Å². The van der Waals surface area contributed by atoms with Crippen molar-refractivity contribution in [3.8, 4) is 0 Å². The van der Waals surface area contributed by atoms with Gasteiger partial charge in [-0.15, -0.1) is 0 Å². The first-order valence-corrected chi connectivity index (χ1v) is 13.2. The minimum Gasteiger partial charge on any atom is -0.345 e. The molecule has 1 aliphatic carbocycles. The summed E-state index contributed by atoms with van der Waals surface area (Å²) in [4.78, 5) is 29.8. The van der Waals surface area contributed by atoms with Crippen LogP contribution in [0.3, 0.4) is 0 Å². The van der Waals surface area contributed by atoms with Gasteiger partial charge in [0, 0.05) is 43.0 Å². The highest BCUT2D eigenvalue weighted by molar-refractivity contribution is 6.31. The van der Waals surface area contributed by atoms with E-state index in [2.05, 4.69) is 24.5 Å². The summed E-state index contributed by atoms with van der Waals surface area (Å²) >= 11 is 6.37. The van der Waals surface area contributed by atoms with Gasteiger partial charge in [-0.3, -0.25) is 9.59 Å². The van der Waals surface area contributed by atoms with Gasteiger partial charge in [-0.2, -0.15) is 0 Å². The topological polar surface area (TPSA) is 45.6 Å². The summed E-state index contributed by atoms with van der Waals surface area (Å²) in [5.74, 6) is 1.13. The summed E-state index contributed by atoms with van der Waals surface area (Å²) in [6.07, 6.45) is 8.60. The van der Waals surface area contributed by atoms with Gasteiger partial charge in [0.05, 0.1) is 13.1 Å². The van der Waals surface area contributed by atoms with Gasteiger partial charge < -0.3 is 14.4 Å². The predicted octanol–water partition coefficient (Wildman–Crippen LogP) is 5.99. The number of likely N-dealkylation sites (N-methyl/N-ethyl adjacent to an activating group) is 1. The summed E-state index contributed by atoms with van der Waals surface area (Å²) in [7, 11) is 0. The molecule has 1 fully saturated rings. The molecular weight excluding hydrogens is 446 g/mol. The van der Waals surface area contributed by atoms with E-state index in [9.17, 15) is 9.59 Å². The molecule has 1 aliphatic rings. The Kier molecular flexibility index (Phi) is 10.1. The average molecular weight is 486 g/mol. The summed E-state index contributed by atoms with van der Waals surface area (Å²) in [6.45, 7) is 8.74. The van der Waals surface area contributed by atoms with Gasteiger partial charge in [0.25, 0.3) is 0 Å². The van der Waals surface area contributed by atoms with E-state index in [1.807, 2.05) is 48.4 Å². The molecule has 0 saturated heterocycles. The van der Waals surface area contributed by atoms with Gasteiger partial charge in [-0.05, 0) is 48.9 Å². The molecule has 5 nitrogen and oxygen atoms in total. The Morgan fingerprint density at radius 3 is 2.47 bits per heavy atom. The first kappa shape index (κ1) is 26.3. The van der Waals surface area contributed by atoms with E-state index in [0.29, 0.717) is 44.4 Å². The molecule has 0 N–H and O–H groups in total. The quantitative estimate of drug-likeness (QED) is 0.370. The minimum atomic E-state index is 0.00950. The van der Waals surface area contributed by atoms with Crippen LogP contribution in [0, 0.1) is 11.8 Å². The van der Waals surface area contributed by atoms with Crippen LogP contribution in [0.1, 0.15) is 70.6 Å². The summed E-state index contributed by atoms with van der Waals surface area (Å²) in [5, 5.41) is 0.743. The van der Waals surface area contributed by atoms with Crippen molar-refractivity contribution in [1.29, 1.82) is 0 Å². The molecule has 1 heterocycles. The van der Waals surface area contributed by atoms with Gasteiger partial charge in [-0.25, -0.2) is 0 Å². The molecule has 1 aromatic heterocycles. The van der Waals surface area contributed by atoms with Crippen LogP contribution in [-0.2, 0) is 22.7 Å². The van der Waals surface area contributed by atoms with Crippen LogP contribution in [0.15, 0.2) is 42.6 Å². The lowest BCUT2D eigenvalue weighted by molar-refractivity contribution is -0.141. The number of amides is 2. The monoisotopic (exact) mass is 485 g/mol. The number of hydrogen-bond acceptors (Lipinski definition) is 2. The highest BCUT2D eigenvalue weighted by Gasteiger charge is 2.23. The summed E-state index contributed by atoms with van der Waals surface area (Å²) < 4.78 is 2.15. The smallest absolute Gasteiger partial charge is 0.242 e. The molecule has 0 bridgehead atoms. The molecule has 1 saturated carbocycles. The molecular formula is C28H40ClN3O2. The zero-order valence-corrected chi connectivity index (χ0v) is 21.8. The number of rotatable bonds is 12. The fourth-order valence-corrected chi connectivity index (χ4v) is 5.07. The second kappa shape index (κ2) is 13.0. The molecule has 34 heavy (non-hydrogen) atoms. The van der Waals surface area contributed by atoms with Crippen molar-refractivity contribution in [3.05, 3.63) is 58.9 Å². The molecule has 0 aliphatic heterocycles. The molecule has 2 amide bonds. The van der Waals surface area contributed by atoms with Crippen molar-refractivity contribution in [2.24, 2.45) is 11.8 Å². The molecule has 0 radical (unpaired) electrons. The Hall–Kier alpha value is -2.27. The third kappa shape index (κ3) is 7.63. The standard InChI is InChI=1S/C28H40ClN3O2/c1-4-30(27(33)16-15-23-10-5-6-11-23)21-28(34)32(18-22(2)3)20-25-13-9-17-31(25)19-24-12-7-8-14-26(24)29/h7-9,12-14,17,22-23H,4-6,10-11,15-16,18-21H2,1-3H3.